The average molecular weight is 191 g/mol. The van der Waals surface area contributed by atoms with Gasteiger partial charge < -0.3 is 11.1 Å². The Hall–Kier alpha value is -1.42. The zero-order valence-electron chi connectivity index (χ0n) is 7.86. The van der Waals surface area contributed by atoms with Gasteiger partial charge in [-0.3, -0.25) is 4.79 Å². The molecule has 4 heteroatoms. The highest BCUT2D eigenvalue weighted by Gasteiger charge is 2.24. The number of nitrogens with zero attached hydrogens (tertiary/aromatic N) is 1. The van der Waals surface area contributed by atoms with E-state index in [1.807, 2.05) is 0 Å². The summed E-state index contributed by atoms with van der Waals surface area (Å²) in [6.45, 7) is 0.913. The summed E-state index contributed by atoms with van der Waals surface area (Å²) in [5.41, 5.74) is 6.16. The van der Waals surface area contributed by atoms with Gasteiger partial charge >= 0.3 is 0 Å². The minimum atomic E-state index is -0.0681. The molecule has 1 unspecified atom stereocenters. The molecule has 2 heterocycles. The van der Waals surface area contributed by atoms with Crippen molar-refractivity contribution in [1.82, 2.24) is 10.3 Å². The van der Waals surface area contributed by atoms with E-state index in [1.54, 1.807) is 18.3 Å². The van der Waals surface area contributed by atoms with Crippen molar-refractivity contribution in [2.24, 2.45) is 0 Å². The number of anilines is 1. The molecule has 74 valence electrons. The number of Topliss-reactive ketones (excluding diaryl/α,β-unsaturated/α-hetero) is 1. The first-order chi connectivity index (χ1) is 6.79. The molecule has 1 atom stereocenters. The number of nitrogen functional groups attached to an aromatic ring is 1. The van der Waals surface area contributed by atoms with Gasteiger partial charge in [-0.15, -0.1) is 0 Å². The van der Waals surface area contributed by atoms with Crippen molar-refractivity contribution in [2.75, 3.05) is 12.3 Å². The van der Waals surface area contributed by atoms with Gasteiger partial charge in [-0.2, -0.15) is 0 Å². The number of hydrogen-bond acceptors (Lipinski definition) is 4. The van der Waals surface area contributed by atoms with E-state index >= 15 is 0 Å². The molecule has 0 saturated carbocycles. The van der Waals surface area contributed by atoms with E-state index in [0.29, 0.717) is 11.4 Å². The van der Waals surface area contributed by atoms with Crippen LogP contribution in [0.5, 0.6) is 0 Å². The maximum absolute atomic E-state index is 11.9. The second-order valence-electron chi connectivity index (χ2n) is 3.45. The largest absolute Gasteiger partial charge is 0.383 e. The van der Waals surface area contributed by atoms with Crippen LogP contribution in [0.3, 0.4) is 0 Å². The fraction of sp³-hybridized carbons (Fsp3) is 0.400. The van der Waals surface area contributed by atoms with E-state index in [0.717, 1.165) is 19.4 Å². The predicted octanol–water partition coefficient (Wildman–Crippen LogP) is 0.598. The van der Waals surface area contributed by atoms with Crippen molar-refractivity contribution in [3.63, 3.8) is 0 Å². The third-order valence-electron chi connectivity index (χ3n) is 2.48. The van der Waals surface area contributed by atoms with Gasteiger partial charge in [0.25, 0.3) is 0 Å². The smallest absolute Gasteiger partial charge is 0.183 e. The number of carbonyl (C=O) groups is 1. The van der Waals surface area contributed by atoms with Crippen molar-refractivity contribution >= 4 is 11.6 Å². The molecule has 0 aliphatic carbocycles. The maximum Gasteiger partial charge on any atom is 0.183 e. The third-order valence-corrected chi connectivity index (χ3v) is 2.48. The Morgan fingerprint density at radius 1 is 1.64 bits per heavy atom. The molecule has 0 amide bonds. The Labute approximate surface area is 82.5 Å². The topological polar surface area (TPSA) is 68.0 Å². The van der Waals surface area contributed by atoms with Gasteiger partial charge in [0.15, 0.2) is 5.78 Å². The lowest BCUT2D eigenvalue weighted by Gasteiger charge is -2.09. The lowest BCUT2D eigenvalue weighted by atomic mass is 10.0. The van der Waals surface area contributed by atoms with Crippen LogP contribution in [0.2, 0.25) is 0 Å². The minimum Gasteiger partial charge on any atom is -0.383 e. The van der Waals surface area contributed by atoms with E-state index in [1.165, 1.54) is 0 Å². The van der Waals surface area contributed by atoms with Crippen LogP contribution in [-0.4, -0.2) is 23.4 Å². The molecule has 1 aliphatic rings. The van der Waals surface area contributed by atoms with E-state index < -0.39 is 0 Å². The number of pyridine rings is 1. The zero-order valence-corrected chi connectivity index (χ0v) is 7.86. The SMILES string of the molecule is Nc1ncccc1C(=O)C1CCCN1. The van der Waals surface area contributed by atoms with Crippen LogP contribution >= 0.6 is 0 Å². The highest BCUT2D eigenvalue weighted by Crippen LogP contribution is 2.15. The van der Waals surface area contributed by atoms with E-state index in [4.69, 9.17) is 5.73 Å². The average Bonchev–Trinajstić information content (AvgIpc) is 2.70. The first-order valence-electron chi connectivity index (χ1n) is 4.77. The van der Waals surface area contributed by atoms with Crippen LogP contribution in [0.25, 0.3) is 0 Å². The molecule has 0 aromatic carbocycles. The molecule has 3 N–H and O–H groups in total. The first-order valence-corrected chi connectivity index (χ1v) is 4.77. The number of nitrogens with one attached hydrogen (secondary N) is 1. The molecule has 2 rings (SSSR count). The van der Waals surface area contributed by atoms with Crippen molar-refractivity contribution in [1.29, 1.82) is 0 Å². The Kier molecular flexibility index (Phi) is 2.45. The molecule has 0 radical (unpaired) electrons. The maximum atomic E-state index is 11.9. The Morgan fingerprint density at radius 2 is 2.50 bits per heavy atom. The highest BCUT2D eigenvalue weighted by molar-refractivity contribution is 6.03. The molecule has 14 heavy (non-hydrogen) atoms. The summed E-state index contributed by atoms with van der Waals surface area (Å²) in [5.74, 6) is 0.388. The van der Waals surface area contributed by atoms with Gasteiger partial charge in [0, 0.05) is 6.20 Å². The van der Waals surface area contributed by atoms with Crippen molar-refractivity contribution in [2.45, 2.75) is 18.9 Å². The second kappa shape index (κ2) is 3.75. The number of aromatic nitrogens is 1. The highest BCUT2D eigenvalue weighted by atomic mass is 16.1. The van der Waals surface area contributed by atoms with E-state index in [9.17, 15) is 4.79 Å². The standard InChI is InChI=1S/C10H13N3O/c11-10-7(3-1-6-13-10)9(14)8-4-2-5-12-8/h1,3,6,8,12H,2,4-5H2,(H2,11,13). The summed E-state index contributed by atoms with van der Waals surface area (Å²) in [7, 11) is 0. The van der Waals surface area contributed by atoms with Gasteiger partial charge in [-0.05, 0) is 31.5 Å². The molecule has 0 spiro atoms. The predicted molar refractivity (Wildman–Crippen MR) is 54.0 cm³/mol. The minimum absolute atomic E-state index is 0.0631. The Morgan fingerprint density at radius 3 is 3.14 bits per heavy atom. The number of rotatable bonds is 2. The normalized spacial score (nSPS) is 21.0. The van der Waals surface area contributed by atoms with Gasteiger partial charge in [0.2, 0.25) is 0 Å². The van der Waals surface area contributed by atoms with Gasteiger partial charge in [0.05, 0.1) is 11.6 Å². The Balaban J connectivity index is 2.22. The third kappa shape index (κ3) is 1.61. The molecule has 1 saturated heterocycles. The van der Waals surface area contributed by atoms with Crippen molar-refractivity contribution in [3.05, 3.63) is 23.9 Å². The van der Waals surface area contributed by atoms with Crippen LogP contribution in [-0.2, 0) is 0 Å². The molecular weight excluding hydrogens is 178 g/mol. The van der Waals surface area contributed by atoms with Gasteiger partial charge in [0.1, 0.15) is 5.82 Å². The van der Waals surface area contributed by atoms with Crippen LogP contribution in [0.4, 0.5) is 5.82 Å². The van der Waals surface area contributed by atoms with E-state index in [-0.39, 0.29) is 11.8 Å². The van der Waals surface area contributed by atoms with Crippen LogP contribution in [0.15, 0.2) is 18.3 Å². The van der Waals surface area contributed by atoms with E-state index in [2.05, 4.69) is 10.3 Å². The monoisotopic (exact) mass is 191 g/mol. The summed E-state index contributed by atoms with van der Waals surface area (Å²) in [4.78, 5) is 15.8. The second-order valence-corrected chi connectivity index (χ2v) is 3.45. The summed E-state index contributed by atoms with van der Waals surface area (Å²) in [5, 5.41) is 3.15. The lowest BCUT2D eigenvalue weighted by molar-refractivity contribution is 0.0953. The summed E-state index contributed by atoms with van der Waals surface area (Å²) in [6, 6.07) is 3.39. The number of carbonyl (C=O) groups excluding carboxylic acids is 1. The molecule has 1 fully saturated rings. The number of ketones is 1. The molecule has 4 nitrogen and oxygen atoms in total. The summed E-state index contributed by atoms with van der Waals surface area (Å²) < 4.78 is 0. The van der Waals surface area contributed by atoms with Gasteiger partial charge in [-0.1, -0.05) is 0 Å². The summed E-state index contributed by atoms with van der Waals surface area (Å²) in [6.07, 6.45) is 3.54. The van der Waals surface area contributed by atoms with Crippen LogP contribution < -0.4 is 11.1 Å². The van der Waals surface area contributed by atoms with Crippen LogP contribution in [0.1, 0.15) is 23.2 Å². The summed E-state index contributed by atoms with van der Waals surface area (Å²) >= 11 is 0. The quantitative estimate of drug-likeness (QED) is 0.672. The molecule has 1 aliphatic heterocycles. The van der Waals surface area contributed by atoms with Crippen LogP contribution in [0, 0.1) is 0 Å². The van der Waals surface area contributed by atoms with Crippen molar-refractivity contribution < 1.29 is 4.79 Å². The molecular formula is C10H13N3O. The molecule has 1 aromatic heterocycles. The fourth-order valence-corrected chi connectivity index (χ4v) is 1.72. The lowest BCUT2D eigenvalue weighted by Crippen LogP contribution is -2.31. The fourth-order valence-electron chi connectivity index (χ4n) is 1.72. The zero-order chi connectivity index (χ0) is 9.97. The van der Waals surface area contributed by atoms with Gasteiger partial charge in [-0.25, -0.2) is 4.98 Å². The Bertz CT molecular complexity index is 345. The first kappa shape index (κ1) is 9.15. The molecule has 1 aromatic rings. The molecule has 0 bridgehead atoms. The number of nitrogens with two attached hydrogens (primary N) is 1. The van der Waals surface area contributed by atoms with Crippen molar-refractivity contribution in [3.8, 4) is 0 Å². The number of hydrogen-bond donors (Lipinski definition) is 2.